The fraction of sp³-hybridized carbons (Fsp3) is 0.308. The Hall–Kier alpha value is -3.21. The molecule has 0 saturated carbocycles. The van der Waals surface area contributed by atoms with Gasteiger partial charge in [-0.2, -0.15) is 0 Å². The van der Waals surface area contributed by atoms with E-state index in [1.165, 1.54) is 12.1 Å². The van der Waals surface area contributed by atoms with Crippen LogP contribution in [0.1, 0.15) is 35.7 Å². The van der Waals surface area contributed by atoms with Crippen LogP contribution < -0.4 is 4.74 Å². The highest BCUT2D eigenvalue weighted by atomic mass is 19.1. The number of ether oxygens (including phenoxy) is 1. The summed E-state index contributed by atoms with van der Waals surface area (Å²) in [5, 5.41) is 0. The Kier molecular flexibility index (Phi) is 6.31. The third-order valence-electron chi connectivity index (χ3n) is 5.90. The Labute approximate surface area is 182 Å². The second-order valence-corrected chi connectivity index (χ2v) is 8.29. The third-order valence-corrected chi connectivity index (χ3v) is 5.90. The molecular weight excluding hydrogens is 391 g/mol. The molecule has 2 aromatic carbocycles. The molecule has 4 nitrogen and oxygen atoms in total. The van der Waals surface area contributed by atoms with Crippen molar-refractivity contribution in [2.75, 3.05) is 13.2 Å². The lowest BCUT2D eigenvalue weighted by Crippen LogP contribution is -2.47. The average Bonchev–Trinajstić information content (AvgIpc) is 2.79. The number of benzene rings is 2. The van der Waals surface area contributed by atoms with Crippen molar-refractivity contribution < 1.29 is 13.9 Å². The first-order valence-electron chi connectivity index (χ1n) is 10.7. The van der Waals surface area contributed by atoms with E-state index in [9.17, 15) is 9.18 Å². The van der Waals surface area contributed by atoms with Crippen molar-refractivity contribution in [3.05, 3.63) is 83.8 Å². The second-order valence-electron chi connectivity index (χ2n) is 8.29. The zero-order valence-electron chi connectivity index (χ0n) is 17.9. The van der Waals surface area contributed by atoms with E-state index < -0.39 is 0 Å². The van der Waals surface area contributed by atoms with Crippen molar-refractivity contribution in [3.63, 3.8) is 0 Å². The van der Waals surface area contributed by atoms with Crippen LogP contribution >= 0.6 is 0 Å². The predicted octanol–water partition coefficient (Wildman–Crippen LogP) is 5.52. The summed E-state index contributed by atoms with van der Waals surface area (Å²) in [4.78, 5) is 19.6. The molecule has 2 atom stereocenters. The molecule has 160 valence electrons. The maximum atomic E-state index is 13.6. The third kappa shape index (κ3) is 4.93. The van der Waals surface area contributed by atoms with Gasteiger partial charge in [-0.1, -0.05) is 48.0 Å². The Bertz CT molecular complexity index is 1040. The Morgan fingerprint density at radius 1 is 1.13 bits per heavy atom. The van der Waals surface area contributed by atoms with Crippen molar-refractivity contribution in [3.8, 4) is 17.0 Å². The number of hydrogen-bond acceptors (Lipinski definition) is 3. The highest BCUT2D eigenvalue weighted by molar-refractivity contribution is 6.01. The number of nitrogens with zero attached hydrogens (tertiary/aromatic N) is 2. The fourth-order valence-corrected chi connectivity index (χ4v) is 4.11. The molecule has 2 heterocycles. The molecule has 1 saturated heterocycles. The molecule has 1 aliphatic rings. The molecule has 5 heteroatoms. The first-order valence-corrected chi connectivity index (χ1v) is 10.7. The van der Waals surface area contributed by atoms with E-state index in [0.29, 0.717) is 19.0 Å². The molecule has 0 N–H and O–H groups in total. The number of pyridine rings is 1. The fourth-order valence-electron chi connectivity index (χ4n) is 4.11. The first-order chi connectivity index (χ1) is 15.0. The lowest BCUT2D eigenvalue weighted by molar-refractivity contribution is 0.0503. The number of aromatic nitrogens is 1. The largest absolute Gasteiger partial charge is 0.477 e. The van der Waals surface area contributed by atoms with Gasteiger partial charge in [0.2, 0.25) is 5.88 Å². The van der Waals surface area contributed by atoms with Crippen LogP contribution in [0.25, 0.3) is 11.1 Å². The zero-order chi connectivity index (χ0) is 21.8. The number of amides is 1. The molecule has 0 bridgehead atoms. The molecule has 1 amide bonds. The molecule has 31 heavy (non-hydrogen) atoms. The lowest BCUT2D eigenvalue weighted by atomic mass is 9.91. The van der Waals surface area contributed by atoms with E-state index in [1.807, 2.05) is 60.4 Å². The van der Waals surface area contributed by atoms with Gasteiger partial charge in [0.25, 0.3) is 5.91 Å². The summed E-state index contributed by atoms with van der Waals surface area (Å²) in [6.07, 6.45) is 3.05. The molecule has 0 aliphatic carbocycles. The summed E-state index contributed by atoms with van der Waals surface area (Å²) in [6.45, 7) is 5.20. The number of rotatable bonds is 5. The highest BCUT2D eigenvalue weighted by Crippen LogP contribution is 2.29. The highest BCUT2D eigenvalue weighted by Gasteiger charge is 2.31. The minimum Gasteiger partial charge on any atom is -0.477 e. The Balaban J connectivity index is 1.52. The minimum absolute atomic E-state index is 0.0552. The predicted molar refractivity (Wildman–Crippen MR) is 120 cm³/mol. The number of halogens is 1. The molecule has 3 aromatic rings. The number of carbonyl (C=O) groups is 1. The summed E-state index contributed by atoms with van der Waals surface area (Å²) in [5.74, 6) is 0.280. The molecule has 1 aromatic heterocycles. The monoisotopic (exact) mass is 418 g/mol. The molecular formula is C26H27FN2O2. The average molecular weight is 419 g/mol. The van der Waals surface area contributed by atoms with Crippen molar-refractivity contribution in [1.82, 2.24) is 9.88 Å². The Morgan fingerprint density at radius 2 is 1.94 bits per heavy atom. The van der Waals surface area contributed by atoms with Gasteiger partial charge < -0.3 is 9.64 Å². The first kappa shape index (κ1) is 21.0. The van der Waals surface area contributed by atoms with E-state index in [1.54, 1.807) is 0 Å². The van der Waals surface area contributed by atoms with Crippen molar-refractivity contribution >= 4 is 5.91 Å². The van der Waals surface area contributed by atoms with Crippen LogP contribution in [0, 0.1) is 18.7 Å². The number of piperidine rings is 1. The minimum atomic E-state index is -0.386. The van der Waals surface area contributed by atoms with E-state index >= 15 is 0 Å². The molecule has 1 aliphatic heterocycles. The van der Waals surface area contributed by atoms with Crippen LogP contribution in [0.4, 0.5) is 4.39 Å². The molecule has 0 spiro atoms. The van der Waals surface area contributed by atoms with Gasteiger partial charge in [0.05, 0.1) is 12.8 Å². The van der Waals surface area contributed by atoms with Crippen molar-refractivity contribution in [1.29, 1.82) is 0 Å². The number of hydrogen-bond donors (Lipinski definition) is 0. The van der Waals surface area contributed by atoms with E-state index in [4.69, 9.17) is 4.74 Å². The topological polar surface area (TPSA) is 42.4 Å². The van der Waals surface area contributed by atoms with Gasteiger partial charge in [0.1, 0.15) is 5.82 Å². The molecule has 0 unspecified atom stereocenters. The van der Waals surface area contributed by atoms with E-state index in [0.717, 1.165) is 41.3 Å². The van der Waals surface area contributed by atoms with Crippen LogP contribution in [-0.4, -0.2) is 35.0 Å². The van der Waals surface area contributed by atoms with Gasteiger partial charge in [-0.25, -0.2) is 9.37 Å². The van der Waals surface area contributed by atoms with Gasteiger partial charge in [-0.05, 0) is 49.9 Å². The van der Waals surface area contributed by atoms with Crippen LogP contribution in [0.2, 0.25) is 0 Å². The van der Waals surface area contributed by atoms with Crippen molar-refractivity contribution in [2.45, 2.75) is 32.7 Å². The van der Waals surface area contributed by atoms with Gasteiger partial charge >= 0.3 is 0 Å². The molecule has 0 radical (unpaired) electrons. The van der Waals surface area contributed by atoms with Crippen LogP contribution in [0.3, 0.4) is 0 Å². The van der Waals surface area contributed by atoms with Gasteiger partial charge in [0.15, 0.2) is 0 Å². The summed E-state index contributed by atoms with van der Waals surface area (Å²) >= 11 is 0. The van der Waals surface area contributed by atoms with E-state index in [2.05, 4.69) is 11.9 Å². The van der Waals surface area contributed by atoms with Gasteiger partial charge in [-0.15, -0.1) is 0 Å². The quantitative estimate of drug-likeness (QED) is 0.548. The molecule has 1 fully saturated rings. The van der Waals surface area contributed by atoms with Crippen LogP contribution in [0.15, 0.2) is 66.9 Å². The summed E-state index contributed by atoms with van der Waals surface area (Å²) < 4.78 is 18.8. The van der Waals surface area contributed by atoms with E-state index in [-0.39, 0.29) is 23.7 Å². The second kappa shape index (κ2) is 9.29. The summed E-state index contributed by atoms with van der Waals surface area (Å²) in [7, 11) is 0. The number of likely N-dealkylation sites (tertiary alicyclic amines) is 1. The number of aryl methyl sites for hydroxylation is 1. The van der Waals surface area contributed by atoms with Crippen LogP contribution in [0.5, 0.6) is 5.88 Å². The molecule has 4 rings (SSSR count). The smallest absolute Gasteiger partial charge is 0.254 e. The SMILES string of the molecule is Cc1ccc(-c2ccccc2)c(C(=O)N2C[C@H](COc3ccc(F)cn3)CC[C@H]2C)c1. The standard InChI is InChI=1S/C26H27FN2O2/c1-18-8-12-23(21-6-4-3-5-7-21)24(14-18)26(30)29-16-20(10-9-19(29)2)17-31-25-13-11-22(27)15-28-25/h3-8,11-15,19-20H,9-10,16-17H2,1-2H3/t19-,20-/m1/s1. The maximum absolute atomic E-state index is 13.6. The zero-order valence-corrected chi connectivity index (χ0v) is 17.9. The maximum Gasteiger partial charge on any atom is 0.254 e. The summed E-state index contributed by atoms with van der Waals surface area (Å²) in [5.41, 5.74) is 3.80. The van der Waals surface area contributed by atoms with Crippen LogP contribution in [-0.2, 0) is 0 Å². The normalized spacial score (nSPS) is 18.6. The lowest BCUT2D eigenvalue weighted by Gasteiger charge is -2.38. The van der Waals surface area contributed by atoms with Crippen molar-refractivity contribution in [2.24, 2.45) is 5.92 Å². The Morgan fingerprint density at radius 3 is 2.68 bits per heavy atom. The van der Waals surface area contributed by atoms with Gasteiger partial charge in [0, 0.05) is 30.1 Å². The number of carbonyl (C=O) groups excluding carboxylic acids is 1. The summed E-state index contributed by atoms with van der Waals surface area (Å²) in [6, 6.07) is 19.1. The van der Waals surface area contributed by atoms with Gasteiger partial charge in [-0.3, -0.25) is 4.79 Å².